The quantitative estimate of drug-likeness (QED) is 0.773. The molecule has 1 aromatic heterocycles. The maximum absolute atomic E-state index is 8.97. The van der Waals surface area contributed by atoms with Crippen molar-refractivity contribution in [3.05, 3.63) is 35.6 Å². The van der Waals surface area contributed by atoms with Crippen LogP contribution in [-0.4, -0.2) is 5.11 Å². The highest BCUT2D eigenvalue weighted by molar-refractivity contribution is 5.78. The summed E-state index contributed by atoms with van der Waals surface area (Å²) in [5.41, 5.74) is 2.22. The Labute approximate surface area is 89.5 Å². The van der Waals surface area contributed by atoms with Gasteiger partial charge in [-0.3, -0.25) is 0 Å². The summed E-state index contributed by atoms with van der Waals surface area (Å²) in [6.07, 6.45) is 0. The highest BCUT2D eigenvalue weighted by Crippen LogP contribution is 2.27. The third-order valence-corrected chi connectivity index (χ3v) is 2.59. The Morgan fingerprint density at radius 1 is 1.20 bits per heavy atom. The van der Waals surface area contributed by atoms with Crippen LogP contribution in [0, 0.1) is 0 Å². The maximum Gasteiger partial charge on any atom is 0.134 e. The Balaban J connectivity index is 2.55. The monoisotopic (exact) mass is 204 g/mol. The number of aliphatic hydroxyl groups excluding tert-OH is 1. The van der Waals surface area contributed by atoms with Gasteiger partial charge < -0.3 is 9.52 Å². The van der Waals surface area contributed by atoms with Crippen molar-refractivity contribution in [2.24, 2.45) is 0 Å². The Hall–Kier alpha value is -1.28. The van der Waals surface area contributed by atoms with E-state index in [9.17, 15) is 0 Å². The zero-order valence-electron chi connectivity index (χ0n) is 9.37. The second kappa shape index (κ2) is 3.38. The number of hydrogen-bond acceptors (Lipinski definition) is 2. The first kappa shape index (κ1) is 10.2. The topological polar surface area (TPSA) is 33.4 Å². The molecule has 0 saturated heterocycles. The summed E-state index contributed by atoms with van der Waals surface area (Å²) >= 11 is 0. The van der Waals surface area contributed by atoms with Crippen LogP contribution in [-0.2, 0) is 12.0 Å². The normalized spacial score (nSPS) is 12.3. The highest BCUT2D eigenvalue weighted by atomic mass is 16.4. The fourth-order valence-electron chi connectivity index (χ4n) is 1.63. The summed E-state index contributed by atoms with van der Waals surface area (Å²) in [6.45, 7) is 6.47. The third kappa shape index (κ3) is 1.90. The van der Waals surface area contributed by atoms with Crippen molar-refractivity contribution in [2.45, 2.75) is 32.8 Å². The molecule has 0 atom stereocenters. The van der Waals surface area contributed by atoms with Gasteiger partial charge in [-0.2, -0.15) is 0 Å². The number of rotatable bonds is 1. The molecule has 1 aromatic carbocycles. The predicted octanol–water partition coefficient (Wildman–Crippen LogP) is 3.22. The van der Waals surface area contributed by atoms with E-state index in [2.05, 4.69) is 32.9 Å². The summed E-state index contributed by atoms with van der Waals surface area (Å²) in [4.78, 5) is 0. The first-order valence-electron chi connectivity index (χ1n) is 5.14. The average molecular weight is 204 g/mol. The van der Waals surface area contributed by atoms with Gasteiger partial charge in [-0.15, -0.1) is 0 Å². The number of aliphatic hydroxyl groups is 1. The molecule has 0 unspecified atom stereocenters. The second-order valence-electron chi connectivity index (χ2n) is 4.87. The molecule has 15 heavy (non-hydrogen) atoms. The lowest BCUT2D eigenvalue weighted by Gasteiger charge is -2.18. The fraction of sp³-hybridized carbons (Fsp3) is 0.385. The van der Waals surface area contributed by atoms with Crippen LogP contribution in [0.5, 0.6) is 0 Å². The van der Waals surface area contributed by atoms with Gasteiger partial charge in [-0.05, 0) is 23.1 Å². The van der Waals surface area contributed by atoms with Crippen LogP contribution in [0.2, 0.25) is 0 Å². The van der Waals surface area contributed by atoms with Gasteiger partial charge in [0.1, 0.15) is 18.0 Å². The van der Waals surface area contributed by atoms with Gasteiger partial charge in [0.2, 0.25) is 0 Å². The molecule has 2 rings (SSSR count). The molecular weight excluding hydrogens is 188 g/mol. The van der Waals surface area contributed by atoms with E-state index in [0.29, 0.717) is 5.76 Å². The summed E-state index contributed by atoms with van der Waals surface area (Å²) < 4.78 is 5.50. The molecule has 0 bridgehead atoms. The van der Waals surface area contributed by atoms with Crippen LogP contribution in [0.1, 0.15) is 32.1 Å². The molecule has 0 fully saturated rings. The molecule has 0 radical (unpaired) electrons. The molecule has 0 amide bonds. The SMILES string of the molecule is CC(C)(C)c1ccc2cc(CO)oc2c1. The van der Waals surface area contributed by atoms with Crippen molar-refractivity contribution in [3.8, 4) is 0 Å². The molecule has 2 heteroatoms. The zero-order chi connectivity index (χ0) is 11.1. The average Bonchev–Trinajstić information content (AvgIpc) is 2.57. The van der Waals surface area contributed by atoms with E-state index in [4.69, 9.17) is 9.52 Å². The molecule has 0 saturated carbocycles. The van der Waals surface area contributed by atoms with Gasteiger partial charge in [0.05, 0.1) is 0 Å². The van der Waals surface area contributed by atoms with Crippen LogP contribution in [0.4, 0.5) is 0 Å². The van der Waals surface area contributed by atoms with Gasteiger partial charge in [0, 0.05) is 5.39 Å². The first-order chi connectivity index (χ1) is 7.00. The van der Waals surface area contributed by atoms with Gasteiger partial charge >= 0.3 is 0 Å². The van der Waals surface area contributed by atoms with Crippen LogP contribution in [0.3, 0.4) is 0 Å². The Morgan fingerprint density at radius 3 is 2.53 bits per heavy atom. The molecule has 1 N–H and O–H groups in total. The van der Waals surface area contributed by atoms with E-state index in [1.165, 1.54) is 5.56 Å². The van der Waals surface area contributed by atoms with E-state index in [-0.39, 0.29) is 12.0 Å². The van der Waals surface area contributed by atoms with Crippen LogP contribution < -0.4 is 0 Å². The predicted molar refractivity (Wildman–Crippen MR) is 60.8 cm³/mol. The maximum atomic E-state index is 8.97. The van der Waals surface area contributed by atoms with Crippen LogP contribution in [0.15, 0.2) is 28.7 Å². The summed E-state index contributed by atoms with van der Waals surface area (Å²) in [6, 6.07) is 8.08. The summed E-state index contributed by atoms with van der Waals surface area (Å²) in [5, 5.41) is 10.0. The third-order valence-electron chi connectivity index (χ3n) is 2.59. The van der Waals surface area contributed by atoms with E-state index < -0.39 is 0 Å². The standard InChI is InChI=1S/C13H16O2/c1-13(2,3)10-5-4-9-6-11(8-14)15-12(9)7-10/h4-7,14H,8H2,1-3H3. The lowest BCUT2D eigenvalue weighted by atomic mass is 9.87. The molecule has 0 aliphatic heterocycles. The Kier molecular flexibility index (Phi) is 2.31. The van der Waals surface area contributed by atoms with E-state index in [1.807, 2.05) is 12.1 Å². The fourth-order valence-corrected chi connectivity index (χ4v) is 1.63. The van der Waals surface area contributed by atoms with Crippen LogP contribution >= 0.6 is 0 Å². The zero-order valence-corrected chi connectivity index (χ0v) is 9.37. The van der Waals surface area contributed by atoms with E-state index >= 15 is 0 Å². The minimum Gasteiger partial charge on any atom is -0.459 e. The molecule has 0 aliphatic rings. The second-order valence-corrected chi connectivity index (χ2v) is 4.87. The number of furan rings is 1. The molecule has 2 nitrogen and oxygen atoms in total. The van der Waals surface area contributed by atoms with E-state index in [0.717, 1.165) is 11.0 Å². The number of benzene rings is 1. The van der Waals surface area contributed by atoms with Crippen molar-refractivity contribution < 1.29 is 9.52 Å². The van der Waals surface area contributed by atoms with Crippen LogP contribution in [0.25, 0.3) is 11.0 Å². The van der Waals surface area contributed by atoms with E-state index in [1.54, 1.807) is 0 Å². The van der Waals surface area contributed by atoms with Crippen molar-refractivity contribution in [3.63, 3.8) is 0 Å². The number of fused-ring (bicyclic) bond motifs is 1. The molecular formula is C13H16O2. The highest BCUT2D eigenvalue weighted by Gasteiger charge is 2.14. The smallest absolute Gasteiger partial charge is 0.134 e. The minimum absolute atomic E-state index is 0.0421. The largest absolute Gasteiger partial charge is 0.459 e. The summed E-state index contributed by atoms with van der Waals surface area (Å²) in [7, 11) is 0. The van der Waals surface area contributed by atoms with Crippen molar-refractivity contribution in [2.75, 3.05) is 0 Å². The first-order valence-corrected chi connectivity index (χ1v) is 5.14. The Morgan fingerprint density at radius 2 is 1.93 bits per heavy atom. The van der Waals surface area contributed by atoms with Gasteiger partial charge in [-0.25, -0.2) is 0 Å². The van der Waals surface area contributed by atoms with Crippen molar-refractivity contribution >= 4 is 11.0 Å². The van der Waals surface area contributed by atoms with Gasteiger partial charge in [-0.1, -0.05) is 32.9 Å². The van der Waals surface area contributed by atoms with Gasteiger partial charge in [0.25, 0.3) is 0 Å². The molecule has 0 spiro atoms. The lowest BCUT2D eigenvalue weighted by Crippen LogP contribution is -2.10. The minimum atomic E-state index is -0.0421. The van der Waals surface area contributed by atoms with Crippen molar-refractivity contribution in [1.29, 1.82) is 0 Å². The lowest BCUT2D eigenvalue weighted by molar-refractivity contribution is 0.251. The summed E-state index contributed by atoms with van der Waals surface area (Å²) in [5.74, 6) is 0.621. The molecule has 2 aromatic rings. The Bertz CT molecular complexity index is 475. The van der Waals surface area contributed by atoms with Gasteiger partial charge in [0.15, 0.2) is 0 Å². The van der Waals surface area contributed by atoms with Crippen molar-refractivity contribution in [1.82, 2.24) is 0 Å². The molecule has 1 heterocycles. The molecule has 80 valence electrons. The number of hydrogen-bond donors (Lipinski definition) is 1. The molecule has 0 aliphatic carbocycles.